The number of hydrogen-bond donors (Lipinski definition) is 10. The third-order valence-corrected chi connectivity index (χ3v) is 7.59. The van der Waals surface area contributed by atoms with Crippen LogP contribution in [0.5, 0.6) is 0 Å². The van der Waals surface area contributed by atoms with E-state index in [-0.39, 0.29) is 0 Å². The normalized spacial score (nSPS) is 42.9. The average Bonchev–Trinajstić information content (AvgIpc) is 3.27. The number of benzene rings is 1. The molecule has 0 aliphatic carbocycles. The molecule has 0 bridgehead atoms. The Kier molecular flexibility index (Phi) is 11.8. The van der Waals surface area contributed by atoms with Crippen LogP contribution < -0.4 is 0 Å². The summed E-state index contributed by atoms with van der Waals surface area (Å²) >= 11 is 0. The van der Waals surface area contributed by atoms with E-state index in [2.05, 4.69) is 0 Å². The van der Waals surface area contributed by atoms with Crippen LogP contribution in [0.3, 0.4) is 0 Å². The van der Waals surface area contributed by atoms with E-state index in [1.807, 2.05) is 0 Å². The van der Waals surface area contributed by atoms with Crippen molar-refractivity contribution in [3.05, 3.63) is 42.0 Å². The number of ether oxygens (including phenoxy) is 6. The summed E-state index contributed by atoms with van der Waals surface area (Å²) in [6.45, 7) is -3.41. The lowest BCUT2D eigenvalue weighted by Crippen LogP contribution is -2.66. The highest BCUT2D eigenvalue weighted by molar-refractivity contribution is 5.87. The van der Waals surface area contributed by atoms with E-state index in [0.29, 0.717) is 5.56 Å². The van der Waals surface area contributed by atoms with Crippen molar-refractivity contribution in [2.24, 2.45) is 0 Å². The van der Waals surface area contributed by atoms with Gasteiger partial charge >= 0.3 is 5.97 Å². The van der Waals surface area contributed by atoms with Gasteiger partial charge in [-0.25, -0.2) is 4.79 Å². The van der Waals surface area contributed by atoms with Crippen LogP contribution in [0.1, 0.15) is 5.56 Å². The Morgan fingerprint density at radius 2 is 1.34 bits per heavy atom. The predicted molar refractivity (Wildman–Crippen MR) is 141 cm³/mol. The third kappa shape index (κ3) is 7.28. The molecule has 3 heterocycles. The summed E-state index contributed by atoms with van der Waals surface area (Å²) in [5.74, 6) is -3.43. The molecule has 0 saturated carbocycles. The number of aliphatic hydroxyl groups is 10. The standard InChI is InChI=1S/C27H38O17/c28-8-13-17(32)20(35)22(37)25(40-13)42-23-21(36)18(33)14(9-29)41-26(23)44-27(24(38)19(34)15(10-30)43-27)11-39-16(31)7-6-12-4-2-1-3-5-12/h1-7,13-15,17-26,28-30,32-38H,8-11H2/t13-,14+,15+,17+,18+,19+,20+,21-,22+,23+,24-,25-,26-,27+/m0/s1. The molecule has 1 aromatic carbocycles. The molecule has 10 N–H and O–H groups in total. The molecule has 4 rings (SSSR count). The fourth-order valence-electron chi connectivity index (χ4n) is 5.03. The molecule has 17 heteroatoms. The zero-order valence-corrected chi connectivity index (χ0v) is 23.2. The molecule has 3 saturated heterocycles. The topological polar surface area (TPSA) is 275 Å². The fraction of sp³-hybridized carbons (Fsp3) is 0.667. The Morgan fingerprint density at radius 3 is 1.93 bits per heavy atom. The lowest BCUT2D eigenvalue weighted by atomic mass is 9.97. The van der Waals surface area contributed by atoms with Crippen LogP contribution in [0.15, 0.2) is 36.4 Å². The van der Waals surface area contributed by atoms with E-state index in [0.717, 1.165) is 6.08 Å². The van der Waals surface area contributed by atoms with E-state index in [1.165, 1.54) is 6.08 Å². The zero-order chi connectivity index (χ0) is 32.2. The van der Waals surface area contributed by atoms with E-state index in [1.54, 1.807) is 30.3 Å². The van der Waals surface area contributed by atoms with E-state index in [4.69, 9.17) is 28.4 Å². The summed E-state index contributed by atoms with van der Waals surface area (Å²) in [7, 11) is 0. The van der Waals surface area contributed by atoms with Crippen molar-refractivity contribution in [2.45, 2.75) is 85.5 Å². The van der Waals surface area contributed by atoms with Gasteiger partial charge in [-0.15, -0.1) is 0 Å². The second kappa shape index (κ2) is 14.9. The zero-order valence-electron chi connectivity index (χ0n) is 23.2. The van der Waals surface area contributed by atoms with Gasteiger partial charge in [0.25, 0.3) is 0 Å². The molecule has 248 valence electrons. The van der Waals surface area contributed by atoms with Gasteiger partial charge in [0.1, 0.15) is 73.8 Å². The molecular weight excluding hydrogens is 596 g/mol. The van der Waals surface area contributed by atoms with Gasteiger partial charge in [-0.05, 0) is 11.6 Å². The maximum atomic E-state index is 12.5. The number of carbonyl (C=O) groups is 1. The molecule has 1 aromatic rings. The molecule has 3 fully saturated rings. The van der Waals surface area contributed by atoms with Crippen LogP contribution in [-0.2, 0) is 33.2 Å². The van der Waals surface area contributed by atoms with Gasteiger partial charge in [-0.1, -0.05) is 30.3 Å². The first-order valence-corrected chi connectivity index (χ1v) is 13.8. The van der Waals surface area contributed by atoms with E-state index < -0.39 is 118 Å². The second-order valence-electron chi connectivity index (χ2n) is 10.6. The Morgan fingerprint density at radius 1 is 0.750 bits per heavy atom. The van der Waals surface area contributed by atoms with Crippen molar-refractivity contribution < 1.29 is 84.3 Å². The van der Waals surface area contributed by atoms with Crippen molar-refractivity contribution in [1.29, 1.82) is 0 Å². The van der Waals surface area contributed by atoms with Crippen LogP contribution in [-0.4, -0.2) is 169 Å². The maximum Gasteiger partial charge on any atom is 0.330 e. The lowest BCUT2D eigenvalue weighted by Gasteiger charge is -2.47. The van der Waals surface area contributed by atoms with Gasteiger partial charge in [0.15, 0.2) is 12.6 Å². The predicted octanol–water partition coefficient (Wildman–Crippen LogP) is -5.31. The van der Waals surface area contributed by atoms with Crippen LogP contribution in [0.4, 0.5) is 0 Å². The maximum absolute atomic E-state index is 12.5. The number of aliphatic hydroxyl groups excluding tert-OH is 10. The van der Waals surface area contributed by atoms with Gasteiger partial charge in [0, 0.05) is 6.08 Å². The fourth-order valence-corrected chi connectivity index (χ4v) is 5.03. The largest absolute Gasteiger partial charge is 0.457 e. The highest BCUT2D eigenvalue weighted by Gasteiger charge is 2.60. The van der Waals surface area contributed by atoms with Crippen molar-refractivity contribution in [2.75, 3.05) is 26.4 Å². The summed E-state index contributed by atoms with van der Waals surface area (Å²) in [6.07, 6.45) is -20.7. The van der Waals surface area contributed by atoms with E-state index in [9.17, 15) is 55.9 Å². The molecule has 0 amide bonds. The summed E-state index contributed by atoms with van der Waals surface area (Å²) in [5, 5.41) is 102. The van der Waals surface area contributed by atoms with Crippen molar-refractivity contribution in [1.82, 2.24) is 0 Å². The minimum atomic E-state index is -2.49. The van der Waals surface area contributed by atoms with Crippen LogP contribution in [0.2, 0.25) is 0 Å². The van der Waals surface area contributed by atoms with Crippen molar-refractivity contribution in [3.63, 3.8) is 0 Å². The number of carbonyl (C=O) groups excluding carboxylic acids is 1. The molecule has 0 aromatic heterocycles. The first-order valence-electron chi connectivity index (χ1n) is 13.8. The molecule has 0 spiro atoms. The first kappa shape index (κ1) is 34.7. The summed E-state index contributed by atoms with van der Waals surface area (Å²) in [6, 6.07) is 8.69. The highest BCUT2D eigenvalue weighted by Crippen LogP contribution is 2.38. The molecule has 44 heavy (non-hydrogen) atoms. The number of rotatable bonds is 11. The third-order valence-electron chi connectivity index (χ3n) is 7.59. The number of hydrogen-bond acceptors (Lipinski definition) is 17. The first-order chi connectivity index (χ1) is 21.0. The quantitative estimate of drug-likeness (QED) is 0.0804. The molecule has 17 nitrogen and oxygen atoms in total. The molecule has 3 aliphatic heterocycles. The van der Waals surface area contributed by atoms with E-state index >= 15 is 0 Å². The van der Waals surface area contributed by atoms with Gasteiger partial charge in [-0.2, -0.15) is 0 Å². The minimum Gasteiger partial charge on any atom is -0.457 e. The van der Waals surface area contributed by atoms with Crippen LogP contribution >= 0.6 is 0 Å². The Bertz CT molecular complexity index is 1090. The Balaban J connectivity index is 1.59. The number of esters is 1. The second-order valence-corrected chi connectivity index (χ2v) is 10.6. The lowest BCUT2D eigenvalue weighted by molar-refractivity contribution is -0.408. The molecule has 0 radical (unpaired) electrons. The summed E-state index contributed by atoms with van der Waals surface area (Å²) in [5.41, 5.74) is 0.662. The van der Waals surface area contributed by atoms with Crippen LogP contribution in [0.25, 0.3) is 6.08 Å². The summed E-state index contributed by atoms with van der Waals surface area (Å²) in [4.78, 5) is 12.5. The van der Waals surface area contributed by atoms with Gasteiger partial charge in [0.2, 0.25) is 5.79 Å². The summed E-state index contributed by atoms with van der Waals surface area (Å²) < 4.78 is 33.1. The Hall–Kier alpha value is -2.17. The highest BCUT2D eigenvalue weighted by atomic mass is 16.8. The van der Waals surface area contributed by atoms with Gasteiger partial charge in [0.05, 0.1) is 19.8 Å². The monoisotopic (exact) mass is 634 g/mol. The average molecular weight is 635 g/mol. The Labute approximate surface area is 250 Å². The smallest absolute Gasteiger partial charge is 0.330 e. The molecular formula is C27H38O17. The van der Waals surface area contributed by atoms with Gasteiger partial charge in [-0.3, -0.25) is 0 Å². The minimum absolute atomic E-state index is 0.662. The van der Waals surface area contributed by atoms with Gasteiger partial charge < -0.3 is 79.5 Å². The SMILES string of the molecule is O=C(C=Cc1ccccc1)OC[C@]1(O[C@@H]2O[C@H](CO)[C@@H](O)[C@H](O)[C@H]2O[C@@H]2O[C@@H](CO)[C@@H](O)[C@@H](O)[C@H]2O)O[C@H](CO)[C@@H](O)[C@@H]1O. The van der Waals surface area contributed by atoms with Crippen molar-refractivity contribution >= 4 is 12.0 Å². The molecule has 3 aliphatic rings. The van der Waals surface area contributed by atoms with Crippen LogP contribution in [0, 0.1) is 0 Å². The molecule has 0 unspecified atom stereocenters. The molecule has 14 atom stereocenters. The van der Waals surface area contributed by atoms with Crippen molar-refractivity contribution in [3.8, 4) is 0 Å².